The summed E-state index contributed by atoms with van der Waals surface area (Å²) in [5.74, 6) is 0.435. The number of carbonyl (C=O) groups is 2. The average Bonchev–Trinajstić information content (AvgIpc) is 3.24. The van der Waals surface area contributed by atoms with E-state index in [1.54, 1.807) is 4.90 Å². The number of hydrogen-bond donors (Lipinski definition) is 0. The van der Waals surface area contributed by atoms with Crippen molar-refractivity contribution >= 4 is 11.8 Å². The molecule has 2 saturated heterocycles. The van der Waals surface area contributed by atoms with Crippen molar-refractivity contribution in [1.29, 1.82) is 0 Å². The zero-order valence-corrected chi connectivity index (χ0v) is 15.7. The van der Waals surface area contributed by atoms with Crippen LogP contribution in [0.2, 0.25) is 0 Å². The highest BCUT2D eigenvalue weighted by molar-refractivity contribution is 5.97. The molecule has 8 nitrogen and oxygen atoms in total. The van der Waals surface area contributed by atoms with Crippen LogP contribution in [0.1, 0.15) is 10.5 Å². The molecule has 8 heteroatoms. The standard InChI is InChI=1S/C20H24N4O4/c25-17(14-22-10-12-27-13-11-22)23-6-8-24(9-7-23)20(26)18-19(28-15-21-18)16-4-2-1-3-5-16/h1-5,15H,6-14H2. The van der Waals surface area contributed by atoms with Gasteiger partial charge in [-0.1, -0.05) is 30.3 Å². The Bertz CT molecular complexity index is 809. The van der Waals surface area contributed by atoms with Crippen LogP contribution in [0.5, 0.6) is 0 Å². The molecule has 2 amide bonds. The van der Waals surface area contributed by atoms with Gasteiger partial charge in [-0.3, -0.25) is 14.5 Å². The van der Waals surface area contributed by atoms with Crippen LogP contribution in [0.15, 0.2) is 41.1 Å². The number of benzene rings is 1. The normalized spacial score (nSPS) is 18.3. The van der Waals surface area contributed by atoms with E-state index in [1.165, 1.54) is 6.39 Å². The van der Waals surface area contributed by atoms with Crippen LogP contribution in [0.4, 0.5) is 0 Å². The molecule has 2 aromatic rings. The lowest BCUT2D eigenvalue weighted by Crippen LogP contribution is -2.53. The van der Waals surface area contributed by atoms with Gasteiger partial charge in [0.1, 0.15) is 0 Å². The first kappa shape index (κ1) is 18.6. The molecule has 0 atom stereocenters. The smallest absolute Gasteiger partial charge is 0.276 e. The van der Waals surface area contributed by atoms with E-state index in [0.717, 1.165) is 18.7 Å². The van der Waals surface area contributed by atoms with Crippen LogP contribution in [0.3, 0.4) is 0 Å². The van der Waals surface area contributed by atoms with Crippen molar-refractivity contribution in [3.05, 3.63) is 42.4 Å². The minimum Gasteiger partial charge on any atom is -0.443 e. The molecule has 4 rings (SSSR count). The Morgan fingerprint density at radius 3 is 2.32 bits per heavy atom. The predicted octanol–water partition coefficient (Wildman–Crippen LogP) is 0.958. The molecule has 0 bridgehead atoms. The molecule has 0 N–H and O–H groups in total. The Kier molecular flexibility index (Phi) is 5.68. The highest BCUT2D eigenvalue weighted by atomic mass is 16.5. The SMILES string of the molecule is O=C(CN1CCOCC1)N1CCN(C(=O)c2ncoc2-c2ccccc2)CC1. The molecule has 3 heterocycles. The van der Waals surface area contributed by atoms with Crippen LogP contribution < -0.4 is 0 Å². The quantitative estimate of drug-likeness (QED) is 0.781. The van der Waals surface area contributed by atoms with E-state index in [4.69, 9.17) is 9.15 Å². The molecule has 0 unspecified atom stereocenters. The summed E-state index contributed by atoms with van der Waals surface area (Å²) in [6.45, 7) is 5.41. The molecule has 2 aliphatic heterocycles. The maximum absolute atomic E-state index is 12.9. The number of piperazine rings is 1. The summed E-state index contributed by atoms with van der Waals surface area (Å²) in [6, 6.07) is 9.48. The lowest BCUT2D eigenvalue weighted by Gasteiger charge is -2.36. The number of hydrogen-bond acceptors (Lipinski definition) is 6. The number of carbonyl (C=O) groups excluding carboxylic acids is 2. The average molecular weight is 384 g/mol. The Morgan fingerprint density at radius 2 is 1.61 bits per heavy atom. The summed E-state index contributed by atoms with van der Waals surface area (Å²) in [5, 5.41) is 0. The first-order valence-corrected chi connectivity index (χ1v) is 9.58. The van der Waals surface area contributed by atoms with Gasteiger partial charge in [0.15, 0.2) is 17.8 Å². The molecule has 0 saturated carbocycles. The minimum absolute atomic E-state index is 0.111. The van der Waals surface area contributed by atoms with Gasteiger partial charge in [0.2, 0.25) is 5.91 Å². The molecule has 2 fully saturated rings. The Labute approximate surface area is 163 Å². The van der Waals surface area contributed by atoms with Crippen LogP contribution >= 0.6 is 0 Å². The molecular weight excluding hydrogens is 360 g/mol. The van der Waals surface area contributed by atoms with E-state index in [0.29, 0.717) is 57.4 Å². The van der Waals surface area contributed by atoms with E-state index in [-0.39, 0.29) is 11.8 Å². The second kappa shape index (κ2) is 8.53. The fraction of sp³-hybridized carbons (Fsp3) is 0.450. The molecule has 0 spiro atoms. The lowest BCUT2D eigenvalue weighted by atomic mass is 10.1. The zero-order chi connectivity index (χ0) is 19.3. The first-order chi connectivity index (χ1) is 13.7. The van der Waals surface area contributed by atoms with Gasteiger partial charge in [0.05, 0.1) is 19.8 Å². The van der Waals surface area contributed by atoms with E-state index in [9.17, 15) is 9.59 Å². The molecule has 28 heavy (non-hydrogen) atoms. The van der Waals surface area contributed by atoms with Gasteiger partial charge in [0.25, 0.3) is 5.91 Å². The van der Waals surface area contributed by atoms with Crippen molar-refractivity contribution in [1.82, 2.24) is 19.7 Å². The van der Waals surface area contributed by atoms with Crippen molar-refractivity contribution in [2.75, 3.05) is 59.0 Å². The number of nitrogens with zero attached hydrogens (tertiary/aromatic N) is 4. The van der Waals surface area contributed by atoms with Gasteiger partial charge in [-0.05, 0) is 0 Å². The molecule has 148 valence electrons. The third-order valence-corrected chi connectivity index (χ3v) is 5.19. The maximum Gasteiger partial charge on any atom is 0.276 e. The predicted molar refractivity (Wildman–Crippen MR) is 102 cm³/mol. The molecule has 0 aliphatic carbocycles. The summed E-state index contributed by atoms with van der Waals surface area (Å²) in [5.41, 5.74) is 1.14. The van der Waals surface area contributed by atoms with Crippen molar-refractivity contribution in [2.45, 2.75) is 0 Å². The Morgan fingerprint density at radius 1 is 0.929 bits per heavy atom. The second-order valence-electron chi connectivity index (χ2n) is 6.96. The van der Waals surface area contributed by atoms with E-state index in [1.807, 2.05) is 35.2 Å². The van der Waals surface area contributed by atoms with Crippen LogP contribution in [0.25, 0.3) is 11.3 Å². The van der Waals surface area contributed by atoms with Crippen LogP contribution in [0, 0.1) is 0 Å². The van der Waals surface area contributed by atoms with E-state index >= 15 is 0 Å². The summed E-state index contributed by atoms with van der Waals surface area (Å²) in [4.78, 5) is 35.3. The maximum atomic E-state index is 12.9. The highest BCUT2D eigenvalue weighted by Crippen LogP contribution is 2.24. The van der Waals surface area contributed by atoms with Crippen molar-refractivity contribution in [3.8, 4) is 11.3 Å². The summed E-state index contributed by atoms with van der Waals surface area (Å²) in [6.07, 6.45) is 1.30. The summed E-state index contributed by atoms with van der Waals surface area (Å²) < 4.78 is 10.8. The molecule has 0 radical (unpaired) electrons. The number of rotatable bonds is 4. The lowest BCUT2D eigenvalue weighted by molar-refractivity contribution is -0.134. The molecular formula is C20H24N4O4. The van der Waals surface area contributed by atoms with Gasteiger partial charge in [-0.15, -0.1) is 0 Å². The molecule has 1 aromatic heterocycles. The largest absolute Gasteiger partial charge is 0.443 e. The van der Waals surface area contributed by atoms with Crippen LogP contribution in [-0.2, 0) is 9.53 Å². The first-order valence-electron chi connectivity index (χ1n) is 9.58. The van der Waals surface area contributed by atoms with Crippen LogP contribution in [-0.4, -0.2) is 90.5 Å². The second-order valence-corrected chi connectivity index (χ2v) is 6.96. The highest BCUT2D eigenvalue weighted by Gasteiger charge is 2.29. The number of morpholine rings is 1. The summed E-state index contributed by atoms with van der Waals surface area (Å²) >= 11 is 0. The fourth-order valence-electron chi connectivity index (χ4n) is 3.55. The van der Waals surface area contributed by atoms with Gasteiger partial charge >= 0.3 is 0 Å². The number of oxazole rings is 1. The monoisotopic (exact) mass is 384 g/mol. The third kappa shape index (κ3) is 4.07. The molecule has 2 aliphatic rings. The topological polar surface area (TPSA) is 79.1 Å². The van der Waals surface area contributed by atoms with Gasteiger partial charge in [0, 0.05) is 44.8 Å². The van der Waals surface area contributed by atoms with E-state index in [2.05, 4.69) is 9.88 Å². The van der Waals surface area contributed by atoms with Gasteiger partial charge in [-0.25, -0.2) is 4.98 Å². The Hall–Kier alpha value is -2.71. The molecule has 1 aromatic carbocycles. The number of aromatic nitrogens is 1. The van der Waals surface area contributed by atoms with Crippen molar-refractivity contribution in [3.63, 3.8) is 0 Å². The van der Waals surface area contributed by atoms with Crippen molar-refractivity contribution in [2.24, 2.45) is 0 Å². The van der Waals surface area contributed by atoms with Gasteiger partial charge < -0.3 is 19.0 Å². The van der Waals surface area contributed by atoms with Crippen molar-refractivity contribution < 1.29 is 18.7 Å². The Balaban J connectivity index is 1.35. The number of amides is 2. The number of ether oxygens (including phenoxy) is 1. The minimum atomic E-state index is -0.159. The van der Waals surface area contributed by atoms with Gasteiger partial charge in [-0.2, -0.15) is 0 Å². The summed E-state index contributed by atoms with van der Waals surface area (Å²) in [7, 11) is 0. The van der Waals surface area contributed by atoms with E-state index < -0.39 is 0 Å². The zero-order valence-electron chi connectivity index (χ0n) is 15.7. The fourth-order valence-corrected chi connectivity index (χ4v) is 3.55. The third-order valence-electron chi connectivity index (χ3n) is 5.19.